The first kappa shape index (κ1) is 13.8. The zero-order valence-electron chi connectivity index (χ0n) is 13.0. The van der Waals surface area contributed by atoms with Crippen LogP contribution < -0.4 is 0 Å². The van der Waals surface area contributed by atoms with Crippen LogP contribution in [0.4, 0.5) is 0 Å². The smallest absolute Gasteiger partial charge is 0.161 e. The summed E-state index contributed by atoms with van der Waals surface area (Å²) in [5.41, 5.74) is 2.08. The van der Waals surface area contributed by atoms with Crippen molar-refractivity contribution >= 4 is 5.78 Å². The van der Waals surface area contributed by atoms with Gasteiger partial charge in [-0.15, -0.1) is 0 Å². The lowest BCUT2D eigenvalue weighted by atomic mass is 10.2. The van der Waals surface area contributed by atoms with Gasteiger partial charge in [0, 0.05) is 50.7 Å². The number of nitrogens with zero attached hydrogens (tertiary/aromatic N) is 3. The molecule has 1 aromatic heterocycles. The molecule has 1 aliphatic carbocycles. The maximum Gasteiger partial charge on any atom is 0.161 e. The summed E-state index contributed by atoms with van der Waals surface area (Å²) < 4.78 is 2.10. The van der Waals surface area contributed by atoms with Crippen molar-refractivity contribution < 1.29 is 4.79 Å². The highest BCUT2D eigenvalue weighted by atomic mass is 16.1. The summed E-state index contributed by atoms with van der Waals surface area (Å²) in [6.45, 7) is 6.30. The molecule has 1 aromatic rings. The number of aryl methyl sites for hydroxylation is 1. The summed E-state index contributed by atoms with van der Waals surface area (Å²) in [5.74, 6) is 2.89. The monoisotopic (exact) mass is 275 g/mol. The molecule has 0 N–H and O–H groups in total. The number of hydrogen-bond acceptors (Lipinski definition) is 3. The van der Waals surface area contributed by atoms with Gasteiger partial charge in [-0.05, 0) is 44.8 Å². The van der Waals surface area contributed by atoms with Crippen molar-refractivity contribution in [1.82, 2.24) is 14.4 Å². The van der Waals surface area contributed by atoms with Crippen LogP contribution >= 0.6 is 0 Å². The van der Waals surface area contributed by atoms with E-state index in [9.17, 15) is 4.79 Å². The van der Waals surface area contributed by atoms with Crippen molar-refractivity contribution in [3.05, 3.63) is 23.5 Å². The van der Waals surface area contributed by atoms with E-state index in [0.29, 0.717) is 0 Å². The fraction of sp³-hybridized carbons (Fsp3) is 0.688. The highest BCUT2D eigenvalue weighted by Gasteiger charge is 2.55. The number of piperidine rings is 1. The third-order valence-corrected chi connectivity index (χ3v) is 4.92. The standard InChI is InChI=1S/C16H25N3O/c1-11(20)12-5-13(18(4)6-12)7-19-9-15-14(8-17(2)3)16(15)10-19/h5-6,14-16H,7-10H2,1-4H3/t14?,15-,16+. The molecule has 0 aromatic carbocycles. The molecule has 4 nitrogen and oxygen atoms in total. The molecular weight excluding hydrogens is 250 g/mol. The van der Waals surface area contributed by atoms with E-state index < -0.39 is 0 Å². The first-order chi connectivity index (χ1) is 9.45. The fourth-order valence-corrected chi connectivity index (χ4v) is 3.75. The maximum atomic E-state index is 11.4. The predicted octanol–water partition coefficient (Wildman–Crippen LogP) is 1.47. The minimum atomic E-state index is 0.155. The van der Waals surface area contributed by atoms with Crippen LogP contribution in [0.5, 0.6) is 0 Å². The molecule has 1 saturated carbocycles. The number of likely N-dealkylation sites (tertiary alicyclic amines) is 1. The van der Waals surface area contributed by atoms with Crippen LogP contribution in [0.25, 0.3) is 0 Å². The van der Waals surface area contributed by atoms with Gasteiger partial charge in [0.2, 0.25) is 0 Å². The van der Waals surface area contributed by atoms with Gasteiger partial charge in [-0.3, -0.25) is 9.69 Å². The van der Waals surface area contributed by atoms with Crippen molar-refractivity contribution in [1.29, 1.82) is 0 Å². The van der Waals surface area contributed by atoms with Gasteiger partial charge in [0.05, 0.1) is 0 Å². The van der Waals surface area contributed by atoms with Gasteiger partial charge in [0.1, 0.15) is 0 Å². The molecule has 0 spiro atoms. The second-order valence-electron chi connectivity index (χ2n) is 6.84. The Morgan fingerprint density at radius 3 is 2.50 bits per heavy atom. The second-order valence-corrected chi connectivity index (χ2v) is 6.84. The van der Waals surface area contributed by atoms with Gasteiger partial charge in [-0.2, -0.15) is 0 Å². The molecule has 1 saturated heterocycles. The van der Waals surface area contributed by atoms with Crippen LogP contribution in [0.1, 0.15) is 23.0 Å². The molecular formula is C16H25N3O. The summed E-state index contributed by atoms with van der Waals surface area (Å²) in [7, 11) is 6.37. The van der Waals surface area contributed by atoms with Crippen molar-refractivity contribution in [2.45, 2.75) is 13.5 Å². The summed E-state index contributed by atoms with van der Waals surface area (Å²) in [4.78, 5) is 16.3. The number of carbonyl (C=O) groups excluding carboxylic acids is 1. The summed E-state index contributed by atoms with van der Waals surface area (Å²) in [5, 5.41) is 0. The molecule has 0 amide bonds. The van der Waals surface area contributed by atoms with Gasteiger partial charge in [-0.25, -0.2) is 0 Å². The molecule has 2 fully saturated rings. The Bertz CT molecular complexity index is 508. The maximum absolute atomic E-state index is 11.4. The third-order valence-electron chi connectivity index (χ3n) is 4.92. The molecule has 110 valence electrons. The van der Waals surface area contributed by atoms with Crippen LogP contribution in [-0.2, 0) is 13.6 Å². The first-order valence-electron chi connectivity index (χ1n) is 7.49. The summed E-state index contributed by atoms with van der Waals surface area (Å²) in [6.07, 6.45) is 1.95. The molecule has 1 aliphatic heterocycles. The second kappa shape index (κ2) is 5.01. The Morgan fingerprint density at radius 2 is 2.00 bits per heavy atom. The highest BCUT2D eigenvalue weighted by molar-refractivity contribution is 5.94. The molecule has 3 atom stereocenters. The van der Waals surface area contributed by atoms with Crippen molar-refractivity contribution in [3.8, 4) is 0 Å². The van der Waals surface area contributed by atoms with Crippen LogP contribution in [0.15, 0.2) is 12.3 Å². The SMILES string of the molecule is CC(=O)c1cc(CN2C[C@@H]3C(CN(C)C)[C@@H]3C2)n(C)c1. The minimum absolute atomic E-state index is 0.155. The predicted molar refractivity (Wildman–Crippen MR) is 79.7 cm³/mol. The average molecular weight is 275 g/mol. The Kier molecular flexibility index (Phi) is 3.46. The third kappa shape index (κ3) is 2.54. The molecule has 4 heteroatoms. The van der Waals surface area contributed by atoms with Crippen LogP contribution in [-0.4, -0.2) is 53.9 Å². The van der Waals surface area contributed by atoms with Gasteiger partial charge in [0.15, 0.2) is 5.78 Å². The molecule has 2 aliphatic rings. The number of ketones is 1. The fourth-order valence-electron chi connectivity index (χ4n) is 3.75. The number of fused-ring (bicyclic) bond motifs is 1. The Morgan fingerprint density at radius 1 is 1.35 bits per heavy atom. The minimum Gasteiger partial charge on any atom is -0.353 e. The van der Waals surface area contributed by atoms with E-state index in [1.165, 1.54) is 25.3 Å². The van der Waals surface area contributed by atoms with Gasteiger partial charge >= 0.3 is 0 Å². The lowest BCUT2D eigenvalue weighted by Crippen LogP contribution is -2.27. The van der Waals surface area contributed by atoms with Crippen molar-refractivity contribution in [2.75, 3.05) is 33.7 Å². The number of Topliss-reactive ketones (excluding diaryl/α,β-unsaturated/α-hetero) is 1. The van der Waals surface area contributed by atoms with E-state index in [1.807, 2.05) is 19.3 Å². The topological polar surface area (TPSA) is 28.5 Å². The zero-order chi connectivity index (χ0) is 14.4. The molecule has 20 heavy (non-hydrogen) atoms. The number of aromatic nitrogens is 1. The molecule has 1 unspecified atom stereocenters. The molecule has 0 radical (unpaired) electrons. The normalized spacial score (nSPS) is 28.9. The van der Waals surface area contributed by atoms with Crippen molar-refractivity contribution in [2.24, 2.45) is 24.8 Å². The van der Waals surface area contributed by atoms with Crippen LogP contribution in [0.3, 0.4) is 0 Å². The zero-order valence-corrected chi connectivity index (χ0v) is 13.0. The molecule has 3 rings (SSSR count). The first-order valence-corrected chi connectivity index (χ1v) is 7.49. The van der Waals surface area contributed by atoms with E-state index in [0.717, 1.165) is 29.9 Å². The summed E-state index contributed by atoms with van der Waals surface area (Å²) >= 11 is 0. The Balaban J connectivity index is 1.56. The van der Waals surface area contributed by atoms with Crippen LogP contribution in [0.2, 0.25) is 0 Å². The lowest BCUT2D eigenvalue weighted by Gasteiger charge is -2.20. The Labute approximate surface area is 121 Å². The quantitative estimate of drug-likeness (QED) is 0.762. The average Bonchev–Trinajstić information content (AvgIpc) is 2.76. The molecule has 0 bridgehead atoms. The van der Waals surface area contributed by atoms with E-state index >= 15 is 0 Å². The van der Waals surface area contributed by atoms with Gasteiger partial charge in [0.25, 0.3) is 0 Å². The van der Waals surface area contributed by atoms with Crippen molar-refractivity contribution in [3.63, 3.8) is 0 Å². The van der Waals surface area contributed by atoms with Crippen LogP contribution in [0, 0.1) is 17.8 Å². The van der Waals surface area contributed by atoms with E-state index in [2.05, 4.69) is 28.5 Å². The van der Waals surface area contributed by atoms with E-state index in [1.54, 1.807) is 6.92 Å². The Hall–Kier alpha value is -1.13. The van der Waals surface area contributed by atoms with Gasteiger partial charge < -0.3 is 9.47 Å². The summed E-state index contributed by atoms with van der Waals surface area (Å²) in [6, 6.07) is 2.05. The number of rotatable bonds is 5. The molecule has 2 heterocycles. The van der Waals surface area contributed by atoms with E-state index in [4.69, 9.17) is 0 Å². The largest absolute Gasteiger partial charge is 0.353 e. The number of carbonyl (C=O) groups is 1. The van der Waals surface area contributed by atoms with Gasteiger partial charge in [-0.1, -0.05) is 0 Å². The highest BCUT2D eigenvalue weighted by Crippen LogP contribution is 2.52. The van der Waals surface area contributed by atoms with E-state index in [-0.39, 0.29) is 5.78 Å². The lowest BCUT2D eigenvalue weighted by molar-refractivity contribution is 0.101. The number of hydrogen-bond donors (Lipinski definition) is 0.